The molecular formula is C16H21N3O2S. The molecule has 2 rings (SSSR count). The fourth-order valence-corrected chi connectivity index (χ4v) is 2.86. The number of nitrogens with zero attached hydrogens (tertiary/aromatic N) is 2. The number of carbonyl (C=O) groups excluding carboxylic acids is 1. The van der Waals surface area contributed by atoms with Gasteiger partial charge in [-0.2, -0.15) is 0 Å². The molecule has 0 aliphatic heterocycles. The van der Waals surface area contributed by atoms with E-state index in [4.69, 9.17) is 0 Å². The number of carbonyl (C=O) groups is 1. The number of fused-ring (bicyclic) bond motifs is 1. The van der Waals surface area contributed by atoms with Crippen molar-refractivity contribution in [3.63, 3.8) is 0 Å². The second kappa shape index (κ2) is 6.12. The van der Waals surface area contributed by atoms with Crippen LogP contribution in [0.15, 0.2) is 34.2 Å². The number of amides is 1. The number of hydrogen-bond donors (Lipinski definition) is 1. The highest BCUT2D eigenvalue weighted by molar-refractivity contribution is 8.00. The molecule has 1 N–H and O–H groups in total. The number of benzene rings is 1. The van der Waals surface area contributed by atoms with Crippen LogP contribution in [0.25, 0.3) is 10.9 Å². The lowest BCUT2D eigenvalue weighted by Crippen LogP contribution is -2.44. The summed E-state index contributed by atoms with van der Waals surface area (Å²) >= 11 is 1.29. The Morgan fingerprint density at radius 3 is 2.59 bits per heavy atom. The maximum Gasteiger partial charge on any atom is 0.261 e. The smallest absolute Gasteiger partial charge is 0.261 e. The van der Waals surface area contributed by atoms with Gasteiger partial charge in [0, 0.05) is 12.6 Å². The monoisotopic (exact) mass is 319 g/mol. The summed E-state index contributed by atoms with van der Waals surface area (Å²) in [6, 6.07) is 7.23. The minimum absolute atomic E-state index is 0.0695. The Morgan fingerprint density at radius 1 is 1.32 bits per heavy atom. The molecule has 0 aliphatic rings. The van der Waals surface area contributed by atoms with Crippen LogP contribution in [0.1, 0.15) is 27.7 Å². The minimum Gasteiger partial charge on any atom is -0.351 e. The number of aromatic nitrogens is 2. The second-order valence-electron chi connectivity index (χ2n) is 6.28. The zero-order chi connectivity index (χ0) is 16.5. The highest BCUT2D eigenvalue weighted by Gasteiger charge is 2.22. The number of hydrogen-bond acceptors (Lipinski definition) is 4. The third-order valence-electron chi connectivity index (χ3n) is 3.09. The molecule has 0 bridgehead atoms. The van der Waals surface area contributed by atoms with E-state index in [0.717, 1.165) is 0 Å². The first-order chi connectivity index (χ1) is 10.2. The van der Waals surface area contributed by atoms with Gasteiger partial charge in [-0.3, -0.25) is 14.2 Å². The normalized spacial score (nSPS) is 13.1. The summed E-state index contributed by atoms with van der Waals surface area (Å²) in [7, 11) is 1.68. The van der Waals surface area contributed by atoms with Crippen molar-refractivity contribution in [2.45, 2.75) is 43.6 Å². The average Bonchev–Trinajstić information content (AvgIpc) is 2.42. The van der Waals surface area contributed by atoms with Gasteiger partial charge in [-0.15, -0.1) is 0 Å². The van der Waals surface area contributed by atoms with Gasteiger partial charge < -0.3 is 5.32 Å². The van der Waals surface area contributed by atoms with Gasteiger partial charge in [0.05, 0.1) is 16.2 Å². The molecule has 1 aromatic heterocycles. The van der Waals surface area contributed by atoms with Crippen LogP contribution in [-0.4, -0.2) is 26.2 Å². The lowest BCUT2D eigenvalue weighted by Gasteiger charge is -2.23. The van der Waals surface area contributed by atoms with E-state index in [0.29, 0.717) is 16.1 Å². The van der Waals surface area contributed by atoms with Gasteiger partial charge in [-0.05, 0) is 39.8 Å². The first-order valence-corrected chi connectivity index (χ1v) is 8.01. The summed E-state index contributed by atoms with van der Waals surface area (Å²) in [5.41, 5.74) is 0.266. The Balaban J connectivity index is 2.30. The van der Waals surface area contributed by atoms with Crippen LogP contribution in [0, 0.1) is 0 Å². The first-order valence-electron chi connectivity index (χ1n) is 7.13. The minimum atomic E-state index is -0.335. The third-order valence-corrected chi connectivity index (χ3v) is 4.24. The van der Waals surface area contributed by atoms with Crippen molar-refractivity contribution in [1.29, 1.82) is 0 Å². The van der Waals surface area contributed by atoms with E-state index in [1.165, 1.54) is 16.3 Å². The molecule has 0 saturated heterocycles. The number of nitrogens with one attached hydrogen (secondary N) is 1. The Morgan fingerprint density at radius 2 is 1.95 bits per heavy atom. The molecule has 1 amide bonds. The largest absolute Gasteiger partial charge is 0.351 e. The van der Waals surface area contributed by atoms with Crippen molar-refractivity contribution in [2.75, 3.05) is 0 Å². The van der Waals surface area contributed by atoms with Gasteiger partial charge in [0.1, 0.15) is 0 Å². The molecule has 0 fully saturated rings. The number of rotatable bonds is 3. The molecule has 0 saturated carbocycles. The Labute approximate surface area is 134 Å². The van der Waals surface area contributed by atoms with Crippen LogP contribution in [0.3, 0.4) is 0 Å². The van der Waals surface area contributed by atoms with E-state index in [1.54, 1.807) is 19.2 Å². The van der Waals surface area contributed by atoms with E-state index in [1.807, 2.05) is 39.8 Å². The topological polar surface area (TPSA) is 64.0 Å². The molecule has 0 spiro atoms. The summed E-state index contributed by atoms with van der Waals surface area (Å²) in [6.07, 6.45) is 0. The lowest BCUT2D eigenvalue weighted by atomic mass is 10.1. The quantitative estimate of drug-likeness (QED) is 0.696. The van der Waals surface area contributed by atoms with Gasteiger partial charge in [0.25, 0.3) is 5.56 Å². The van der Waals surface area contributed by atoms with Gasteiger partial charge in [0.2, 0.25) is 5.91 Å². The molecule has 118 valence electrons. The predicted molar refractivity (Wildman–Crippen MR) is 90.2 cm³/mol. The Kier molecular flexibility index (Phi) is 4.60. The standard InChI is InChI=1S/C16H21N3O2S/c1-10(13(20)18-16(2,3)4)22-15-17-12-9-7-6-8-11(12)14(21)19(15)5/h6-10H,1-5H3,(H,18,20). The SMILES string of the molecule is CC(Sc1nc2ccccc2c(=O)n1C)C(=O)NC(C)(C)C. The first kappa shape index (κ1) is 16.5. The molecule has 22 heavy (non-hydrogen) atoms. The van der Waals surface area contributed by atoms with Crippen LogP contribution in [0.4, 0.5) is 0 Å². The average molecular weight is 319 g/mol. The van der Waals surface area contributed by atoms with Crippen LogP contribution < -0.4 is 10.9 Å². The summed E-state index contributed by atoms with van der Waals surface area (Å²) in [5.74, 6) is -0.0695. The number of para-hydroxylation sites is 1. The molecule has 6 heteroatoms. The van der Waals surface area contributed by atoms with Gasteiger partial charge in [0.15, 0.2) is 5.16 Å². The van der Waals surface area contributed by atoms with Gasteiger partial charge in [-0.1, -0.05) is 23.9 Å². The molecule has 0 radical (unpaired) electrons. The third kappa shape index (κ3) is 3.68. The molecule has 1 unspecified atom stereocenters. The Hall–Kier alpha value is -1.82. The molecule has 2 aromatic rings. The maximum absolute atomic E-state index is 12.3. The van der Waals surface area contributed by atoms with E-state index in [9.17, 15) is 9.59 Å². The van der Waals surface area contributed by atoms with Gasteiger partial charge in [-0.25, -0.2) is 4.98 Å². The summed E-state index contributed by atoms with van der Waals surface area (Å²) in [5, 5.41) is 3.73. The predicted octanol–water partition coefficient (Wildman–Crippen LogP) is 2.33. The van der Waals surface area contributed by atoms with Crippen LogP contribution >= 0.6 is 11.8 Å². The van der Waals surface area contributed by atoms with Crippen molar-refractivity contribution in [2.24, 2.45) is 7.05 Å². The molecular weight excluding hydrogens is 298 g/mol. The molecule has 1 aromatic carbocycles. The lowest BCUT2D eigenvalue weighted by molar-refractivity contribution is -0.121. The highest BCUT2D eigenvalue weighted by Crippen LogP contribution is 2.22. The fourth-order valence-electron chi connectivity index (χ4n) is 1.99. The Bertz CT molecular complexity index is 762. The number of thioether (sulfide) groups is 1. The van der Waals surface area contributed by atoms with Crippen molar-refractivity contribution in [3.05, 3.63) is 34.6 Å². The highest BCUT2D eigenvalue weighted by atomic mass is 32.2. The van der Waals surface area contributed by atoms with Gasteiger partial charge >= 0.3 is 0 Å². The van der Waals surface area contributed by atoms with Crippen molar-refractivity contribution in [1.82, 2.24) is 14.9 Å². The zero-order valence-electron chi connectivity index (χ0n) is 13.5. The molecule has 1 atom stereocenters. The summed E-state index contributed by atoms with van der Waals surface area (Å²) < 4.78 is 1.49. The van der Waals surface area contributed by atoms with Crippen molar-refractivity contribution in [3.8, 4) is 0 Å². The molecule has 1 heterocycles. The van der Waals surface area contributed by atoms with Crippen molar-refractivity contribution < 1.29 is 4.79 Å². The fraction of sp³-hybridized carbons (Fsp3) is 0.438. The second-order valence-corrected chi connectivity index (χ2v) is 7.58. The maximum atomic E-state index is 12.3. The van der Waals surface area contributed by atoms with E-state index < -0.39 is 0 Å². The van der Waals surface area contributed by atoms with E-state index in [-0.39, 0.29) is 22.3 Å². The van der Waals surface area contributed by atoms with Crippen LogP contribution in [0.5, 0.6) is 0 Å². The van der Waals surface area contributed by atoms with Crippen LogP contribution in [0.2, 0.25) is 0 Å². The summed E-state index contributed by atoms with van der Waals surface area (Å²) in [6.45, 7) is 7.62. The van der Waals surface area contributed by atoms with Crippen LogP contribution in [-0.2, 0) is 11.8 Å². The van der Waals surface area contributed by atoms with E-state index in [2.05, 4.69) is 10.3 Å². The zero-order valence-corrected chi connectivity index (χ0v) is 14.3. The summed E-state index contributed by atoms with van der Waals surface area (Å²) in [4.78, 5) is 29.0. The molecule has 0 aliphatic carbocycles. The van der Waals surface area contributed by atoms with E-state index >= 15 is 0 Å². The molecule has 5 nitrogen and oxygen atoms in total. The van der Waals surface area contributed by atoms with Crippen molar-refractivity contribution >= 4 is 28.6 Å².